The second kappa shape index (κ2) is 10.1. The molecule has 0 unspecified atom stereocenters. The van der Waals surface area contributed by atoms with Crippen molar-refractivity contribution >= 4 is 47.1 Å². The van der Waals surface area contributed by atoms with Crippen LogP contribution in [-0.2, 0) is 11.2 Å². The van der Waals surface area contributed by atoms with Crippen molar-refractivity contribution in [1.29, 1.82) is 0 Å². The summed E-state index contributed by atoms with van der Waals surface area (Å²) in [4.78, 5) is 26.2. The predicted molar refractivity (Wildman–Crippen MR) is 126 cm³/mol. The quantitative estimate of drug-likeness (QED) is 0.324. The average Bonchev–Trinajstić information content (AvgIpc) is 2.98. The van der Waals surface area contributed by atoms with Crippen molar-refractivity contribution < 1.29 is 9.53 Å². The predicted octanol–water partition coefficient (Wildman–Crippen LogP) is 2.90. The first-order chi connectivity index (χ1) is 13.3. The molecule has 9 heteroatoms. The van der Waals surface area contributed by atoms with Gasteiger partial charge < -0.3 is 25.3 Å². The van der Waals surface area contributed by atoms with E-state index in [-0.39, 0.29) is 36.1 Å². The number of halogens is 1. The zero-order valence-electron chi connectivity index (χ0n) is 17.5. The van der Waals surface area contributed by atoms with Gasteiger partial charge in [0.15, 0.2) is 5.96 Å². The minimum Gasteiger partial charge on any atom is -0.444 e. The molecule has 1 saturated heterocycles. The Bertz CT molecular complexity index is 806. The molecule has 0 aliphatic carbocycles. The molecule has 1 aliphatic heterocycles. The number of benzene rings is 1. The number of likely N-dealkylation sites (tertiary alicyclic amines) is 1. The number of nitrogens with one attached hydrogen (secondary N) is 3. The molecule has 2 heterocycles. The molecule has 29 heavy (non-hydrogen) atoms. The van der Waals surface area contributed by atoms with Crippen molar-refractivity contribution in [2.24, 2.45) is 4.99 Å². The number of amides is 1. The summed E-state index contributed by atoms with van der Waals surface area (Å²) < 4.78 is 5.38. The van der Waals surface area contributed by atoms with Gasteiger partial charge in [-0.2, -0.15) is 0 Å². The molecule has 1 aromatic carbocycles. The number of nitrogens with zero attached hydrogens (tertiary/aromatic N) is 3. The fraction of sp³-hybridized carbons (Fsp3) is 0.550. The molecule has 0 radical (unpaired) electrons. The van der Waals surface area contributed by atoms with Gasteiger partial charge in [0.2, 0.25) is 0 Å². The number of para-hydroxylation sites is 2. The number of rotatable bonds is 5. The number of ether oxygens (including phenoxy) is 1. The summed E-state index contributed by atoms with van der Waals surface area (Å²) in [6.07, 6.45) is 0.470. The van der Waals surface area contributed by atoms with Crippen LogP contribution in [-0.4, -0.2) is 64.7 Å². The lowest BCUT2D eigenvalue weighted by Gasteiger charge is -2.40. The van der Waals surface area contributed by atoms with Gasteiger partial charge in [0.05, 0.1) is 17.1 Å². The van der Waals surface area contributed by atoms with Crippen molar-refractivity contribution in [2.75, 3.05) is 26.2 Å². The van der Waals surface area contributed by atoms with Crippen LogP contribution >= 0.6 is 24.0 Å². The molecule has 1 aromatic heterocycles. The zero-order chi connectivity index (χ0) is 20.1. The van der Waals surface area contributed by atoms with Crippen LogP contribution in [0.25, 0.3) is 11.0 Å². The maximum absolute atomic E-state index is 12.0. The molecule has 8 nitrogen and oxygen atoms in total. The zero-order valence-corrected chi connectivity index (χ0v) is 19.8. The highest BCUT2D eigenvalue weighted by Gasteiger charge is 2.34. The van der Waals surface area contributed by atoms with E-state index in [4.69, 9.17) is 4.74 Å². The van der Waals surface area contributed by atoms with Crippen LogP contribution in [0, 0.1) is 0 Å². The van der Waals surface area contributed by atoms with Crippen LogP contribution < -0.4 is 10.6 Å². The molecule has 0 spiro atoms. The third-order valence-electron chi connectivity index (χ3n) is 4.28. The standard InChI is InChI=1S/C20H30N6O2.HI/c1-5-21-18(23-14-12-26(13-14)19(27)28-20(2,3)4)22-11-10-17-24-15-8-6-7-9-16(15)25-17;/h6-9,14H,5,10-13H2,1-4H3,(H,24,25)(H2,21,22,23);1H. The average molecular weight is 514 g/mol. The third kappa shape index (κ3) is 6.76. The molecule has 0 atom stereocenters. The Morgan fingerprint density at radius 3 is 2.72 bits per heavy atom. The molecule has 0 bridgehead atoms. The first-order valence-electron chi connectivity index (χ1n) is 9.80. The molecule has 0 saturated carbocycles. The molecular weight excluding hydrogens is 483 g/mol. The van der Waals surface area contributed by atoms with Crippen LogP contribution in [0.2, 0.25) is 0 Å². The smallest absolute Gasteiger partial charge is 0.410 e. The second-order valence-electron chi connectivity index (χ2n) is 7.94. The monoisotopic (exact) mass is 514 g/mol. The Morgan fingerprint density at radius 2 is 2.07 bits per heavy atom. The van der Waals surface area contributed by atoms with Crippen LogP contribution in [0.15, 0.2) is 29.3 Å². The van der Waals surface area contributed by atoms with Crippen LogP contribution in [0.4, 0.5) is 4.79 Å². The van der Waals surface area contributed by atoms with E-state index in [1.807, 2.05) is 52.0 Å². The van der Waals surface area contributed by atoms with Gasteiger partial charge in [-0.3, -0.25) is 4.99 Å². The highest BCUT2D eigenvalue weighted by molar-refractivity contribution is 14.0. The Labute approximate surface area is 188 Å². The molecule has 160 valence electrons. The number of guanidine groups is 1. The van der Waals surface area contributed by atoms with E-state index in [1.165, 1.54) is 0 Å². The lowest BCUT2D eigenvalue weighted by atomic mass is 10.1. The normalized spacial score (nSPS) is 14.9. The summed E-state index contributed by atoms with van der Waals surface area (Å²) in [5.41, 5.74) is 1.55. The number of carbonyl (C=O) groups excluding carboxylic acids is 1. The summed E-state index contributed by atoms with van der Waals surface area (Å²) >= 11 is 0. The molecule has 1 amide bonds. The summed E-state index contributed by atoms with van der Waals surface area (Å²) in [5, 5.41) is 6.62. The Hall–Kier alpha value is -2.04. The van der Waals surface area contributed by atoms with E-state index in [0.29, 0.717) is 19.6 Å². The molecule has 2 aromatic rings. The van der Waals surface area contributed by atoms with Crippen LogP contribution in [0.1, 0.15) is 33.5 Å². The highest BCUT2D eigenvalue weighted by atomic mass is 127. The van der Waals surface area contributed by atoms with Gasteiger partial charge >= 0.3 is 6.09 Å². The highest BCUT2D eigenvalue weighted by Crippen LogP contribution is 2.15. The number of hydrogen-bond acceptors (Lipinski definition) is 4. The van der Waals surface area contributed by atoms with Crippen molar-refractivity contribution in [3.8, 4) is 0 Å². The lowest BCUT2D eigenvalue weighted by Crippen LogP contribution is -2.63. The Morgan fingerprint density at radius 1 is 1.34 bits per heavy atom. The third-order valence-corrected chi connectivity index (χ3v) is 4.28. The maximum Gasteiger partial charge on any atom is 0.410 e. The molecule has 1 aliphatic rings. The number of H-pyrrole nitrogens is 1. The van der Waals surface area contributed by atoms with E-state index >= 15 is 0 Å². The number of fused-ring (bicyclic) bond motifs is 1. The number of hydrogen-bond donors (Lipinski definition) is 3. The van der Waals surface area contributed by atoms with E-state index in [2.05, 4.69) is 25.6 Å². The van der Waals surface area contributed by atoms with Gasteiger partial charge in [0, 0.05) is 32.6 Å². The summed E-state index contributed by atoms with van der Waals surface area (Å²) in [6.45, 7) is 10.3. The topological polar surface area (TPSA) is 94.6 Å². The molecule has 3 rings (SSSR count). The fourth-order valence-corrected chi connectivity index (χ4v) is 2.96. The fourth-order valence-electron chi connectivity index (χ4n) is 2.96. The Kier molecular flexibility index (Phi) is 8.12. The van der Waals surface area contributed by atoms with Gasteiger partial charge in [-0.25, -0.2) is 9.78 Å². The maximum atomic E-state index is 12.0. The number of aromatic nitrogens is 2. The molecule has 3 N–H and O–H groups in total. The first-order valence-corrected chi connectivity index (χ1v) is 9.80. The minimum atomic E-state index is -0.470. The van der Waals surface area contributed by atoms with E-state index in [0.717, 1.165) is 35.8 Å². The number of imidazole rings is 1. The van der Waals surface area contributed by atoms with Gasteiger partial charge in [-0.1, -0.05) is 12.1 Å². The van der Waals surface area contributed by atoms with E-state index in [9.17, 15) is 4.79 Å². The van der Waals surface area contributed by atoms with Crippen LogP contribution in [0.3, 0.4) is 0 Å². The van der Waals surface area contributed by atoms with Crippen molar-refractivity contribution in [2.45, 2.75) is 45.8 Å². The van der Waals surface area contributed by atoms with E-state index < -0.39 is 5.60 Å². The largest absolute Gasteiger partial charge is 0.444 e. The SMILES string of the molecule is CCNC(=NCCc1nc2ccccc2[nH]1)NC1CN(C(=O)OC(C)(C)C)C1.I. The summed E-state index contributed by atoms with van der Waals surface area (Å²) in [6, 6.07) is 8.17. The van der Waals surface area contributed by atoms with Crippen molar-refractivity contribution in [3.05, 3.63) is 30.1 Å². The number of aromatic amines is 1. The lowest BCUT2D eigenvalue weighted by molar-refractivity contribution is 0.00701. The van der Waals surface area contributed by atoms with E-state index in [1.54, 1.807) is 4.90 Å². The Balaban J connectivity index is 0.00000300. The van der Waals surface area contributed by atoms with Crippen molar-refractivity contribution in [3.63, 3.8) is 0 Å². The summed E-state index contributed by atoms with van der Waals surface area (Å²) in [5.74, 6) is 1.69. The second-order valence-corrected chi connectivity index (χ2v) is 7.94. The van der Waals surface area contributed by atoms with Crippen molar-refractivity contribution in [1.82, 2.24) is 25.5 Å². The van der Waals surface area contributed by atoms with Gasteiger partial charge in [-0.05, 0) is 39.8 Å². The molecule has 1 fully saturated rings. The van der Waals surface area contributed by atoms with Gasteiger partial charge in [0.25, 0.3) is 0 Å². The van der Waals surface area contributed by atoms with Gasteiger partial charge in [0.1, 0.15) is 11.4 Å². The first kappa shape index (κ1) is 23.2. The number of aliphatic imine (C=N–C) groups is 1. The minimum absolute atomic E-state index is 0. The molecular formula is C20H31IN6O2. The van der Waals surface area contributed by atoms with Gasteiger partial charge in [-0.15, -0.1) is 24.0 Å². The van der Waals surface area contributed by atoms with Crippen LogP contribution in [0.5, 0.6) is 0 Å². The number of carbonyl (C=O) groups is 1. The summed E-state index contributed by atoms with van der Waals surface area (Å²) in [7, 11) is 0.